The molecular weight excluding hydrogens is 512 g/mol. The Bertz CT molecular complexity index is 1310. The fraction of sp³-hybridized carbons (Fsp3) is 0.353. The number of unbranched alkanes of at least 4 members (excludes halogenated alkanes) is 3. The molecule has 210 valence electrons. The molecule has 0 aliphatic rings. The lowest BCUT2D eigenvalue weighted by atomic mass is 10.1. The Hall–Kier alpha value is -3.32. The first-order valence-corrected chi connectivity index (χ1v) is 16.2. The third-order valence-corrected chi connectivity index (χ3v) is 12.6. The number of para-hydroxylation sites is 1. The van der Waals surface area contributed by atoms with Gasteiger partial charge in [-0.2, -0.15) is 0 Å². The molecule has 3 aromatic carbocycles. The predicted octanol–water partition coefficient (Wildman–Crippen LogP) is 6.72. The largest absolute Gasteiger partial charge is 0.407 e. The van der Waals surface area contributed by atoms with Crippen molar-refractivity contribution in [2.45, 2.75) is 64.0 Å². The van der Waals surface area contributed by atoms with Crippen molar-refractivity contribution in [2.75, 3.05) is 19.0 Å². The summed E-state index contributed by atoms with van der Waals surface area (Å²) < 4.78 is 12.6. The summed E-state index contributed by atoms with van der Waals surface area (Å²) >= 11 is 0. The van der Waals surface area contributed by atoms with Crippen LogP contribution in [0.3, 0.4) is 0 Å². The molecule has 1 amide bonds. The summed E-state index contributed by atoms with van der Waals surface area (Å²) in [5.41, 5.74) is 1.50. The van der Waals surface area contributed by atoms with Crippen LogP contribution in [-0.4, -0.2) is 39.0 Å². The Labute approximate surface area is 240 Å². The number of rotatable bonds is 13. The number of hydrogen-bond acceptors (Lipinski definition) is 4. The number of nitrogens with one attached hydrogen (secondary N) is 1. The van der Waals surface area contributed by atoms with Gasteiger partial charge in [0.1, 0.15) is 6.10 Å². The molecule has 4 aromatic rings. The minimum Gasteiger partial charge on any atom is -0.407 e. The number of amides is 1. The van der Waals surface area contributed by atoms with E-state index in [4.69, 9.17) is 9.16 Å². The van der Waals surface area contributed by atoms with Crippen LogP contribution < -0.4 is 15.7 Å². The van der Waals surface area contributed by atoms with Crippen molar-refractivity contribution in [3.05, 3.63) is 97.2 Å². The Morgan fingerprint density at radius 3 is 2.08 bits per heavy atom. The lowest BCUT2D eigenvalue weighted by Crippen LogP contribution is -2.66. The highest BCUT2D eigenvalue weighted by Gasteiger charge is 2.49. The number of aromatic nitrogens is 1. The molecule has 0 saturated carbocycles. The summed E-state index contributed by atoms with van der Waals surface area (Å²) in [6.45, 7) is 7.64. The summed E-state index contributed by atoms with van der Waals surface area (Å²) in [4.78, 5) is 17.4. The number of fused-ring (bicyclic) bond motifs is 1. The first-order valence-electron chi connectivity index (χ1n) is 14.3. The molecule has 5 nitrogen and oxygen atoms in total. The zero-order valence-electron chi connectivity index (χ0n) is 24.2. The molecule has 0 aliphatic carbocycles. The predicted molar refractivity (Wildman–Crippen MR) is 168 cm³/mol. The summed E-state index contributed by atoms with van der Waals surface area (Å²) in [7, 11) is -0.891. The van der Waals surface area contributed by atoms with E-state index in [-0.39, 0.29) is 10.9 Å². The zero-order chi connectivity index (χ0) is 28.4. The van der Waals surface area contributed by atoms with E-state index in [0.29, 0.717) is 12.1 Å². The van der Waals surface area contributed by atoms with Crippen molar-refractivity contribution < 1.29 is 14.0 Å². The van der Waals surface area contributed by atoms with Crippen molar-refractivity contribution in [1.82, 2.24) is 4.98 Å². The first kappa shape index (κ1) is 29.7. The van der Waals surface area contributed by atoms with Crippen molar-refractivity contribution in [1.29, 1.82) is 0 Å². The second kappa shape index (κ2) is 13.8. The lowest BCUT2D eigenvalue weighted by molar-refractivity contribution is -0.126. The lowest BCUT2D eigenvalue weighted by Gasteiger charge is -2.43. The van der Waals surface area contributed by atoms with Crippen LogP contribution in [0.4, 0.5) is 5.69 Å². The van der Waals surface area contributed by atoms with E-state index in [1.54, 1.807) is 13.3 Å². The van der Waals surface area contributed by atoms with Crippen molar-refractivity contribution in [3.8, 4) is 0 Å². The fourth-order valence-corrected chi connectivity index (χ4v) is 10.2. The number of carbonyl (C=O) groups excluding carboxylic acids is 1. The molecule has 0 aliphatic heterocycles. The van der Waals surface area contributed by atoms with Crippen LogP contribution in [-0.2, 0) is 14.0 Å². The molecule has 6 heteroatoms. The van der Waals surface area contributed by atoms with Gasteiger partial charge in [0, 0.05) is 25.3 Å². The van der Waals surface area contributed by atoms with Crippen molar-refractivity contribution >= 4 is 41.2 Å². The zero-order valence-corrected chi connectivity index (χ0v) is 25.2. The molecule has 1 aromatic heterocycles. The van der Waals surface area contributed by atoms with E-state index in [1.165, 1.54) is 10.4 Å². The number of methoxy groups -OCH3 is 1. The molecule has 0 spiro atoms. The van der Waals surface area contributed by atoms with Gasteiger partial charge in [0.15, 0.2) is 0 Å². The van der Waals surface area contributed by atoms with Gasteiger partial charge < -0.3 is 14.5 Å². The van der Waals surface area contributed by atoms with Gasteiger partial charge in [0.25, 0.3) is 14.2 Å². The molecule has 40 heavy (non-hydrogen) atoms. The van der Waals surface area contributed by atoms with Gasteiger partial charge in [-0.25, -0.2) is 0 Å². The van der Waals surface area contributed by atoms with Crippen LogP contribution in [0, 0.1) is 0 Å². The fourth-order valence-electron chi connectivity index (χ4n) is 5.55. The maximum Gasteiger partial charge on any atom is 0.261 e. The third-order valence-electron chi connectivity index (χ3n) is 7.56. The summed E-state index contributed by atoms with van der Waals surface area (Å²) in [5.74, 6) is -0.129. The van der Waals surface area contributed by atoms with Gasteiger partial charge in [0.2, 0.25) is 0 Å². The van der Waals surface area contributed by atoms with Crippen LogP contribution in [0.25, 0.3) is 10.9 Å². The van der Waals surface area contributed by atoms with Gasteiger partial charge >= 0.3 is 0 Å². The third kappa shape index (κ3) is 6.87. The van der Waals surface area contributed by atoms with Gasteiger partial charge in [-0.3, -0.25) is 9.78 Å². The van der Waals surface area contributed by atoms with E-state index in [9.17, 15) is 4.79 Å². The highest BCUT2D eigenvalue weighted by Crippen LogP contribution is 2.36. The van der Waals surface area contributed by atoms with E-state index >= 15 is 0 Å². The molecule has 0 unspecified atom stereocenters. The maximum atomic E-state index is 12.9. The average Bonchev–Trinajstić information content (AvgIpc) is 2.97. The molecule has 1 atom stereocenters. The molecular formula is C34H42N2O3Si. The molecule has 0 saturated heterocycles. The Kier molecular flexibility index (Phi) is 10.3. The van der Waals surface area contributed by atoms with Gasteiger partial charge in [-0.05, 0) is 40.4 Å². The molecule has 0 bridgehead atoms. The molecule has 1 N–H and O–H groups in total. The highest BCUT2D eigenvalue weighted by atomic mass is 28.4. The minimum absolute atomic E-state index is 0.0195. The second-order valence-corrected chi connectivity index (χ2v) is 15.6. The molecule has 4 rings (SSSR count). The van der Waals surface area contributed by atoms with Gasteiger partial charge in [-0.15, -0.1) is 0 Å². The second-order valence-electron chi connectivity index (χ2n) is 11.3. The summed E-state index contributed by atoms with van der Waals surface area (Å²) in [5, 5.41) is 6.61. The van der Waals surface area contributed by atoms with Crippen LogP contribution in [0.5, 0.6) is 0 Å². The number of pyridine rings is 1. The number of nitrogens with zero attached hydrogens (tertiary/aromatic N) is 1. The van der Waals surface area contributed by atoms with Crippen LogP contribution in [0.2, 0.25) is 5.04 Å². The number of ether oxygens (including phenoxy) is 1. The van der Waals surface area contributed by atoms with Crippen LogP contribution >= 0.6 is 0 Å². The van der Waals surface area contributed by atoms with Gasteiger partial charge in [-0.1, -0.05) is 119 Å². The number of benzene rings is 3. The average molecular weight is 555 g/mol. The topological polar surface area (TPSA) is 60.5 Å². The Morgan fingerprint density at radius 2 is 1.45 bits per heavy atom. The van der Waals surface area contributed by atoms with Gasteiger partial charge in [0.05, 0.1) is 11.2 Å². The number of hydrogen-bond donors (Lipinski definition) is 1. The summed E-state index contributed by atoms with van der Waals surface area (Å²) in [6.07, 6.45) is 5.89. The van der Waals surface area contributed by atoms with E-state index in [2.05, 4.69) is 91.7 Å². The standard InChI is InChI=1S/C34H42N2O3Si/c1-34(2,3)40(28-19-9-7-10-20-28,29-21-11-8-12-22-29)39-26-14-6-5-13-24-31(38-4)33(37)36-30-23-15-17-27-18-16-25-35-32(27)30/h7-12,15-23,25,31H,5-6,13-14,24,26H2,1-4H3,(H,36,37)/t31-/m0/s1. The summed E-state index contributed by atoms with van der Waals surface area (Å²) in [6, 6.07) is 31.2. The Morgan fingerprint density at radius 1 is 0.825 bits per heavy atom. The molecule has 0 fully saturated rings. The van der Waals surface area contributed by atoms with Crippen LogP contribution in [0.1, 0.15) is 52.9 Å². The van der Waals surface area contributed by atoms with E-state index in [1.807, 2.05) is 30.3 Å². The highest BCUT2D eigenvalue weighted by molar-refractivity contribution is 6.99. The number of anilines is 1. The SMILES string of the molecule is CO[C@@H](CCCCCCO[Si](c1ccccc1)(c1ccccc1)C(C)(C)C)C(=O)Nc1cccc2cccnc12. The van der Waals surface area contributed by atoms with Crippen molar-refractivity contribution in [2.24, 2.45) is 0 Å². The molecule has 0 radical (unpaired) electrons. The smallest absolute Gasteiger partial charge is 0.261 e. The Balaban J connectivity index is 1.30. The van der Waals surface area contributed by atoms with E-state index < -0.39 is 14.4 Å². The first-order chi connectivity index (χ1) is 19.4. The number of carbonyl (C=O) groups is 1. The van der Waals surface area contributed by atoms with Crippen molar-refractivity contribution in [3.63, 3.8) is 0 Å². The quantitative estimate of drug-likeness (QED) is 0.147. The monoisotopic (exact) mass is 554 g/mol. The minimum atomic E-state index is -2.49. The molecule has 1 heterocycles. The maximum absolute atomic E-state index is 12.9. The van der Waals surface area contributed by atoms with E-state index in [0.717, 1.165) is 43.2 Å². The normalized spacial score (nSPS) is 12.8. The van der Waals surface area contributed by atoms with Crippen LogP contribution in [0.15, 0.2) is 97.2 Å².